The lowest BCUT2D eigenvalue weighted by molar-refractivity contribution is -0.120. The van der Waals surface area contributed by atoms with Crippen LogP contribution in [0.5, 0.6) is 5.75 Å². The number of ether oxygens (including phenoxy) is 1. The Bertz CT molecular complexity index is 634. The van der Waals surface area contributed by atoms with Crippen LogP contribution >= 0.6 is 0 Å². The molecule has 0 aliphatic carbocycles. The van der Waals surface area contributed by atoms with Crippen LogP contribution in [0.3, 0.4) is 0 Å². The quantitative estimate of drug-likeness (QED) is 0.824. The molecular formula is C18H24N2O2. The van der Waals surface area contributed by atoms with E-state index in [1.54, 1.807) is 13.3 Å². The molecule has 1 heterocycles. The van der Waals surface area contributed by atoms with Crippen LogP contribution in [0.1, 0.15) is 39.5 Å². The summed E-state index contributed by atoms with van der Waals surface area (Å²) < 4.78 is 5.32. The summed E-state index contributed by atoms with van der Waals surface area (Å²) in [5, 5.41) is 4.01. The van der Waals surface area contributed by atoms with Gasteiger partial charge in [-0.15, -0.1) is 0 Å². The Morgan fingerprint density at radius 2 is 2.00 bits per heavy atom. The molecule has 1 N–H and O–H groups in total. The van der Waals surface area contributed by atoms with Crippen molar-refractivity contribution < 1.29 is 9.53 Å². The fraction of sp³-hybridized carbons (Fsp3) is 0.444. The molecule has 0 aliphatic heterocycles. The number of hydrogen-bond donors (Lipinski definition) is 1. The van der Waals surface area contributed by atoms with Crippen molar-refractivity contribution in [3.05, 3.63) is 30.5 Å². The zero-order chi connectivity index (χ0) is 15.9. The third-order valence-corrected chi connectivity index (χ3v) is 3.82. The number of anilines is 1. The van der Waals surface area contributed by atoms with Gasteiger partial charge in [-0.05, 0) is 25.0 Å². The van der Waals surface area contributed by atoms with E-state index in [1.165, 1.54) is 0 Å². The van der Waals surface area contributed by atoms with Gasteiger partial charge in [0.2, 0.25) is 5.91 Å². The van der Waals surface area contributed by atoms with Gasteiger partial charge < -0.3 is 10.1 Å². The molecule has 1 amide bonds. The topological polar surface area (TPSA) is 51.2 Å². The predicted molar refractivity (Wildman–Crippen MR) is 90.2 cm³/mol. The van der Waals surface area contributed by atoms with Crippen LogP contribution in [0, 0.1) is 5.92 Å². The number of amides is 1. The first kappa shape index (κ1) is 16.3. The van der Waals surface area contributed by atoms with E-state index in [9.17, 15) is 4.79 Å². The van der Waals surface area contributed by atoms with Gasteiger partial charge in [0.15, 0.2) is 0 Å². The Morgan fingerprint density at radius 3 is 2.64 bits per heavy atom. The second kappa shape index (κ2) is 7.78. The molecule has 1 aromatic heterocycles. The third-order valence-electron chi connectivity index (χ3n) is 3.82. The molecule has 0 atom stereocenters. The molecule has 4 nitrogen and oxygen atoms in total. The standard InChI is InChI=1S/C18H24N2O2/c1-4-7-13(8-5-2)18(21)20-16-12-15(22-3)11-14-9-6-10-19-17(14)16/h6,9-13H,4-5,7-8H2,1-3H3,(H,20,21). The summed E-state index contributed by atoms with van der Waals surface area (Å²) in [5.41, 5.74) is 1.51. The Labute approximate surface area is 131 Å². The number of rotatable bonds is 7. The molecule has 0 aliphatic rings. The van der Waals surface area contributed by atoms with Gasteiger partial charge in [0.05, 0.1) is 18.3 Å². The molecular weight excluding hydrogens is 276 g/mol. The highest BCUT2D eigenvalue weighted by Crippen LogP contribution is 2.28. The first-order valence-electron chi connectivity index (χ1n) is 7.93. The summed E-state index contributed by atoms with van der Waals surface area (Å²) >= 11 is 0. The first-order chi connectivity index (χ1) is 10.7. The van der Waals surface area contributed by atoms with E-state index in [1.807, 2.05) is 24.3 Å². The number of hydrogen-bond acceptors (Lipinski definition) is 3. The van der Waals surface area contributed by atoms with E-state index in [4.69, 9.17) is 4.74 Å². The normalized spacial score (nSPS) is 10.9. The maximum Gasteiger partial charge on any atom is 0.227 e. The average molecular weight is 300 g/mol. The monoisotopic (exact) mass is 300 g/mol. The second-order valence-electron chi connectivity index (χ2n) is 5.51. The number of methoxy groups -OCH3 is 1. The summed E-state index contributed by atoms with van der Waals surface area (Å²) in [6.07, 6.45) is 5.58. The zero-order valence-corrected chi connectivity index (χ0v) is 13.6. The van der Waals surface area contributed by atoms with E-state index >= 15 is 0 Å². The highest BCUT2D eigenvalue weighted by atomic mass is 16.5. The highest BCUT2D eigenvalue weighted by molar-refractivity contribution is 6.01. The van der Waals surface area contributed by atoms with E-state index in [-0.39, 0.29) is 11.8 Å². The lowest BCUT2D eigenvalue weighted by Gasteiger charge is -2.16. The largest absolute Gasteiger partial charge is 0.497 e. The minimum Gasteiger partial charge on any atom is -0.497 e. The van der Waals surface area contributed by atoms with E-state index in [2.05, 4.69) is 24.1 Å². The van der Waals surface area contributed by atoms with Gasteiger partial charge in [0, 0.05) is 23.6 Å². The molecule has 0 radical (unpaired) electrons. The maximum absolute atomic E-state index is 12.6. The fourth-order valence-corrected chi connectivity index (χ4v) is 2.72. The van der Waals surface area contributed by atoms with Gasteiger partial charge in [-0.3, -0.25) is 9.78 Å². The van der Waals surface area contributed by atoms with Gasteiger partial charge in [-0.25, -0.2) is 0 Å². The van der Waals surface area contributed by atoms with Crippen LogP contribution in [0.4, 0.5) is 5.69 Å². The summed E-state index contributed by atoms with van der Waals surface area (Å²) in [5.74, 6) is 0.849. The van der Waals surface area contributed by atoms with Crippen molar-refractivity contribution in [1.82, 2.24) is 4.98 Å². The number of fused-ring (bicyclic) bond motifs is 1. The first-order valence-corrected chi connectivity index (χ1v) is 7.93. The molecule has 22 heavy (non-hydrogen) atoms. The smallest absolute Gasteiger partial charge is 0.227 e. The predicted octanol–water partition coefficient (Wildman–Crippen LogP) is 4.40. The second-order valence-corrected chi connectivity index (χ2v) is 5.51. The van der Waals surface area contributed by atoms with Gasteiger partial charge >= 0.3 is 0 Å². The minimum absolute atomic E-state index is 0.0555. The van der Waals surface area contributed by atoms with Crippen LogP contribution in [-0.4, -0.2) is 18.0 Å². The van der Waals surface area contributed by atoms with Crippen LogP contribution in [0.25, 0.3) is 10.9 Å². The summed E-state index contributed by atoms with van der Waals surface area (Å²) in [6, 6.07) is 7.61. The molecule has 2 aromatic rings. The summed E-state index contributed by atoms with van der Waals surface area (Å²) in [6.45, 7) is 4.22. The molecule has 0 unspecified atom stereocenters. The van der Waals surface area contributed by atoms with Crippen molar-refractivity contribution in [2.45, 2.75) is 39.5 Å². The molecule has 0 saturated heterocycles. The number of carbonyl (C=O) groups is 1. The Kier molecular flexibility index (Phi) is 5.75. The summed E-state index contributed by atoms with van der Waals surface area (Å²) in [7, 11) is 1.63. The molecule has 1 aromatic carbocycles. The average Bonchev–Trinajstić information content (AvgIpc) is 2.54. The van der Waals surface area contributed by atoms with E-state index in [0.29, 0.717) is 0 Å². The number of benzene rings is 1. The van der Waals surface area contributed by atoms with Crippen molar-refractivity contribution in [2.75, 3.05) is 12.4 Å². The SMILES string of the molecule is CCCC(CCC)C(=O)Nc1cc(OC)cc2cccnc12. The molecule has 0 saturated carbocycles. The van der Waals surface area contributed by atoms with Gasteiger partial charge in [0.1, 0.15) is 5.75 Å². The lowest BCUT2D eigenvalue weighted by Crippen LogP contribution is -2.23. The Morgan fingerprint density at radius 1 is 1.27 bits per heavy atom. The van der Waals surface area contributed by atoms with Crippen LogP contribution in [0.2, 0.25) is 0 Å². The zero-order valence-electron chi connectivity index (χ0n) is 13.6. The van der Waals surface area contributed by atoms with E-state index in [0.717, 1.165) is 48.0 Å². The molecule has 0 spiro atoms. The number of carbonyl (C=O) groups excluding carboxylic acids is 1. The maximum atomic E-state index is 12.6. The van der Waals surface area contributed by atoms with Crippen LogP contribution in [0.15, 0.2) is 30.5 Å². The molecule has 4 heteroatoms. The third kappa shape index (κ3) is 3.75. The number of nitrogens with zero attached hydrogens (tertiary/aromatic N) is 1. The molecule has 118 valence electrons. The van der Waals surface area contributed by atoms with Gasteiger partial charge in [-0.2, -0.15) is 0 Å². The Hall–Kier alpha value is -2.10. The van der Waals surface area contributed by atoms with Crippen molar-refractivity contribution in [3.8, 4) is 5.75 Å². The van der Waals surface area contributed by atoms with Crippen molar-refractivity contribution in [3.63, 3.8) is 0 Å². The highest BCUT2D eigenvalue weighted by Gasteiger charge is 2.18. The summed E-state index contributed by atoms with van der Waals surface area (Å²) in [4.78, 5) is 16.9. The van der Waals surface area contributed by atoms with Crippen LogP contribution < -0.4 is 10.1 Å². The molecule has 2 rings (SSSR count). The number of pyridine rings is 1. The lowest BCUT2D eigenvalue weighted by atomic mass is 9.97. The van der Waals surface area contributed by atoms with Gasteiger partial charge in [0.25, 0.3) is 0 Å². The van der Waals surface area contributed by atoms with E-state index < -0.39 is 0 Å². The minimum atomic E-state index is 0.0555. The van der Waals surface area contributed by atoms with Crippen molar-refractivity contribution >= 4 is 22.5 Å². The Balaban J connectivity index is 2.31. The van der Waals surface area contributed by atoms with Crippen molar-refractivity contribution in [2.24, 2.45) is 5.92 Å². The number of nitrogens with one attached hydrogen (secondary N) is 1. The number of aromatic nitrogens is 1. The fourth-order valence-electron chi connectivity index (χ4n) is 2.72. The molecule has 0 bridgehead atoms. The van der Waals surface area contributed by atoms with Crippen molar-refractivity contribution in [1.29, 1.82) is 0 Å². The molecule has 0 fully saturated rings. The van der Waals surface area contributed by atoms with Gasteiger partial charge in [-0.1, -0.05) is 32.8 Å². The van der Waals surface area contributed by atoms with Crippen LogP contribution in [-0.2, 0) is 4.79 Å².